The Morgan fingerprint density at radius 1 is 0.390 bits per heavy atom. The summed E-state index contributed by atoms with van der Waals surface area (Å²) in [4.78, 5) is 4.58. The standard InChI is InChI=1S/C39H25NO/c1-3-15-28-26(11-1)13-9-20-30(28)31-17-7-8-22-37(31)41-39-34-19-6-5-18-33(34)38(36-25-40-24-23-35(36)39)32-21-10-14-27-12-2-4-16-29(27)32/h1-25H. The van der Waals surface area contributed by atoms with E-state index in [1.165, 1.54) is 32.7 Å². The molecule has 0 aliphatic rings. The number of hydrogen-bond donors (Lipinski definition) is 0. The first-order valence-electron chi connectivity index (χ1n) is 13.9. The van der Waals surface area contributed by atoms with Crippen molar-refractivity contribution in [3.8, 4) is 33.8 Å². The van der Waals surface area contributed by atoms with Crippen LogP contribution in [0, 0.1) is 0 Å². The van der Waals surface area contributed by atoms with Crippen molar-refractivity contribution in [2.45, 2.75) is 0 Å². The van der Waals surface area contributed by atoms with Gasteiger partial charge in [0.1, 0.15) is 11.5 Å². The van der Waals surface area contributed by atoms with Gasteiger partial charge in [0.05, 0.1) is 0 Å². The minimum atomic E-state index is 0.824. The SMILES string of the molecule is c1ccc(-c2cccc3ccccc23)c(Oc2c3ccccc3c(-c3cccc4ccccc34)c3cnccc23)c1. The van der Waals surface area contributed by atoms with E-state index >= 15 is 0 Å². The Labute approximate surface area is 238 Å². The Morgan fingerprint density at radius 2 is 0.927 bits per heavy atom. The van der Waals surface area contributed by atoms with E-state index in [1.807, 2.05) is 18.5 Å². The third-order valence-electron chi connectivity index (χ3n) is 8.01. The summed E-state index contributed by atoms with van der Waals surface area (Å²) in [7, 11) is 0. The lowest BCUT2D eigenvalue weighted by Crippen LogP contribution is -1.95. The molecular weight excluding hydrogens is 498 g/mol. The highest BCUT2D eigenvalue weighted by Gasteiger charge is 2.19. The highest BCUT2D eigenvalue weighted by molar-refractivity contribution is 6.20. The number of ether oxygens (including phenoxy) is 1. The molecule has 0 aliphatic heterocycles. The normalized spacial score (nSPS) is 11.4. The van der Waals surface area contributed by atoms with E-state index in [2.05, 4.69) is 138 Å². The lowest BCUT2D eigenvalue weighted by molar-refractivity contribution is 0.495. The Kier molecular flexibility index (Phi) is 5.49. The second-order valence-electron chi connectivity index (χ2n) is 10.3. The lowest BCUT2D eigenvalue weighted by Gasteiger charge is -2.20. The molecule has 0 saturated heterocycles. The maximum atomic E-state index is 6.99. The first kappa shape index (κ1) is 23.4. The summed E-state index contributed by atoms with van der Waals surface area (Å²) in [5.41, 5.74) is 4.59. The average Bonchev–Trinajstić information content (AvgIpc) is 3.04. The number of fused-ring (bicyclic) bond motifs is 4. The number of nitrogens with zero attached hydrogens (tertiary/aromatic N) is 1. The number of rotatable bonds is 4. The number of hydrogen-bond acceptors (Lipinski definition) is 2. The van der Waals surface area contributed by atoms with Gasteiger partial charge in [-0.05, 0) is 55.8 Å². The fourth-order valence-electron chi connectivity index (χ4n) is 6.17. The Bertz CT molecular complexity index is 2180. The van der Waals surface area contributed by atoms with Crippen LogP contribution >= 0.6 is 0 Å². The minimum Gasteiger partial charge on any atom is -0.455 e. The van der Waals surface area contributed by atoms with Gasteiger partial charge in [-0.15, -0.1) is 0 Å². The zero-order chi connectivity index (χ0) is 27.2. The zero-order valence-corrected chi connectivity index (χ0v) is 22.3. The first-order valence-corrected chi connectivity index (χ1v) is 13.9. The summed E-state index contributed by atoms with van der Waals surface area (Å²) in [6.07, 6.45) is 3.83. The molecule has 41 heavy (non-hydrogen) atoms. The number of benzene rings is 7. The summed E-state index contributed by atoms with van der Waals surface area (Å²) in [5.74, 6) is 1.67. The van der Waals surface area contributed by atoms with Crippen LogP contribution in [0.15, 0.2) is 152 Å². The smallest absolute Gasteiger partial charge is 0.143 e. The van der Waals surface area contributed by atoms with E-state index in [9.17, 15) is 0 Å². The monoisotopic (exact) mass is 523 g/mol. The molecule has 7 aromatic carbocycles. The molecule has 0 fully saturated rings. The van der Waals surface area contributed by atoms with E-state index < -0.39 is 0 Å². The van der Waals surface area contributed by atoms with Crippen LogP contribution in [0.2, 0.25) is 0 Å². The van der Waals surface area contributed by atoms with Crippen LogP contribution in [0.25, 0.3) is 65.3 Å². The molecule has 192 valence electrons. The van der Waals surface area contributed by atoms with Gasteiger partial charge >= 0.3 is 0 Å². The first-order chi connectivity index (χ1) is 20.4. The van der Waals surface area contributed by atoms with Gasteiger partial charge in [-0.25, -0.2) is 0 Å². The number of pyridine rings is 1. The maximum Gasteiger partial charge on any atom is 0.143 e. The van der Waals surface area contributed by atoms with Crippen LogP contribution in [0.5, 0.6) is 11.5 Å². The van der Waals surface area contributed by atoms with Crippen molar-refractivity contribution in [3.63, 3.8) is 0 Å². The van der Waals surface area contributed by atoms with Crippen LogP contribution in [-0.2, 0) is 0 Å². The molecule has 0 atom stereocenters. The molecule has 8 aromatic rings. The summed E-state index contributed by atoms with van der Waals surface area (Å²) in [6, 6.07) is 49.0. The molecule has 0 amide bonds. The molecule has 8 rings (SSSR count). The van der Waals surface area contributed by atoms with Gasteiger partial charge in [-0.1, -0.05) is 127 Å². The highest BCUT2D eigenvalue weighted by atomic mass is 16.5. The Balaban J connectivity index is 1.40. The zero-order valence-electron chi connectivity index (χ0n) is 22.3. The average molecular weight is 524 g/mol. The predicted molar refractivity (Wildman–Crippen MR) is 172 cm³/mol. The quantitative estimate of drug-likeness (QED) is 0.214. The van der Waals surface area contributed by atoms with Crippen molar-refractivity contribution in [1.82, 2.24) is 4.98 Å². The Morgan fingerprint density at radius 3 is 1.71 bits per heavy atom. The van der Waals surface area contributed by atoms with E-state index in [0.717, 1.165) is 44.2 Å². The minimum absolute atomic E-state index is 0.824. The number of aromatic nitrogens is 1. The Hall–Kier alpha value is -5.47. The van der Waals surface area contributed by atoms with E-state index in [1.54, 1.807) is 0 Å². The summed E-state index contributed by atoms with van der Waals surface area (Å²) >= 11 is 0. The van der Waals surface area contributed by atoms with Crippen molar-refractivity contribution >= 4 is 43.1 Å². The second-order valence-corrected chi connectivity index (χ2v) is 10.3. The molecule has 0 N–H and O–H groups in total. The van der Waals surface area contributed by atoms with Gasteiger partial charge in [0, 0.05) is 34.1 Å². The summed E-state index contributed by atoms with van der Waals surface area (Å²) in [6.45, 7) is 0. The van der Waals surface area contributed by atoms with E-state index in [4.69, 9.17) is 4.74 Å². The molecule has 0 unspecified atom stereocenters. The molecule has 1 heterocycles. The van der Waals surface area contributed by atoms with Crippen LogP contribution < -0.4 is 4.74 Å². The number of para-hydroxylation sites is 1. The lowest BCUT2D eigenvalue weighted by atomic mass is 9.89. The van der Waals surface area contributed by atoms with Crippen molar-refractivity contribution < 1.29 is 4.74 Å². The van der Waals surface area contributed by atoms with Crippen LogP contribution in [0.4, 0.5) is 0 Å². The van der Waals surface area contributed by atoms with Gasteiger partial charge in [0.15, 0.2) is 0 Å². The highest BCUT2D eigenvalue weighted by Crippen LogP contribution is 2.47. The molecule has 2 nitrogen and oxygen atoms in total. The molecule has 0 aliphatic carbocycles. The molecule has 0 bridgehead atoms. The maximum absolute atomic E-state index is 6.99. The predicted octanol–water partition coefficient (Wildman–Crippen LogP) is 10.8. The van der Waals surface area contributed by atoms with Crippen LogP contribution in [-0.4, -0.2) is 4.98 Å². The van der Waals surface area contributed by atoms with Gasteiger partial charge in [-0.3, -0.25) is 4.98 Å². The largest absolute Gasteiger partial charge is 0.455 e. The van der Waals surface area contributed by atoms with Crippen molar-refractivity contribution in [2.75, 3.05) is 0 Å². The third kappa shape index (κ3) is 3.84. The molecular formula is C39H25NO. The third-order valence-corrected chi connectivity index (χ3v) is 8.01. The van der Waals surface area contributed by atoms with Gasteiger partial charge in [0.2, 0.25) is 0 Å². The van der Waals surface area contributed by atoms with Crippen molar-refractivity contribution in [2.24, 2.45) is 0 Å². The van der Waals surface area contributed by atoms with Gasteiger partial charge < -0.3 is 4.74 Å². The second kappa shape index (κ2) is 9.62. The van der Waals surface area contributed by atoms with E-state index in [0.29, 0.717) is 0 Å². The van der Waals surface area contributed by atoms with Crippen molar-refractivity contribution in [3.05, 3.63) is 152 Å². The molecule has 0 saturated carbocycles. The fourth-order valence-corrected chi connectivity index (χ4v) is 6.17. The summed E-state index contributed by atoms with van der Waals surface area (Å²) < 4.78 is 6.99. The van der Waals surface area contributed by atoms with Gasteiger partial charge in [0.25, 0.3) is 0 Å². The van der Waals surface area contributed by atoms with E-state index in [-0.39, 0.29) is 0 Å². The molecule has 2 heteroatoms. The molecule has 0 radical (unpaired) electrons. The molecule has 1 aromatic heterocycles. The van der Waals surface area contributed by atoms with Crippen LogP contribution in [0.1, 0.15) is 0 Å². The van der Waals surface area contributed by atoms with Gasteiger partial charge in [-0.2, -0.15) is 0 Å². The topological polar surface area (TPSA) is 22.1 Å². The summed E-state index contributed by atoms with van der Waals surface area (Å²) in [5, 5.41) is 9.17. The van der Waals surface area contributed by atoms with Crippen LogP contribution in [0.3, 0.4) is 0 Å². The molecule has 0 spiro atoms. The van der Waals surface area contributed by atoms with Crippen molar-refractivity contribution in [1.29, 1.82) is 0 Å². The fraction of sp³-hybridized carbons (Fsp3) is 0.